The first-order valence-corrected chi connectivity index (χ1v) is 5.67. The summed E-state index contributed by atoms with van der Waals surface area (Å²) in [6.07, 6.45) is 4.51. The van der Waals surface area contributed by atoms with Gasteiger partial charge in [0.25, 0.3) is 5.89 Å². The largest absolute Gasteiger partial charge is 0.478 e. The van der Waals surface area contributed by atoms with Crippen LogP contribution in [0.5, 0.6) is 0 Å². The van der Waals surface area contributed by atoms with Gasteiger partial charge in [-0.2, -0.15) is 4.98 Å². The van der Waals surface area contributed by atoms with Crippen LogP contribution < -0.4 is 0 Å². The molecule has 0 aliphatic carbocycles. The van der Waals surface area contributed by atoms with E-state index in [1.165, 1.54) is 18.5 Å². The van der Waals surface area contributed by atoms with Gasteiger partial charge in [-0.05, 0) is 12.1 Å². The molecule has 0 bridgehead atoms. The molecular weight excluding hydrogens is 260 g/mol. The Morgan fingerprint density at radius 1 is 1.15 bits per heavy atom. The predicted molar refractivity (Wildman–Crippen MR) is 67.7 cm³/mol. The van der Waals surface area contributed by atoms with Crippen molar-refractivity contribution in [1.82, 2.24) is 20.1 Å². The molecule has 7 heteroatoms. The van der Waals surface area contributed by atoms with Crippen LogP contribution in [0.25, 0.3) is 22.8 Å². The smallest absolute Gasteiger partial charge is 0.335 e. The van der Waals surface area contributed by atoms with Crippen LogP contribution in [-0.4, -0.2) is 31.2 Å². The third kappa shape index (κ3) is 2.24. The van der Waals surface area contributed by atoms with E-state index >= 15 is 0 Å². The second-order valence-corrected chi connectivity index (χ2v) is 3.94. The highest BCUT2D eigenvalue weighted by atomic mass is 16.5. The number of hydrogen-bond acceptors (Lipinski definition) is 6. The summed E-state index contributed by atoms with van der Waals surface area (Å²) in [7, 11) is 0. The van der Waals surface area contributed by atoms with Crippen LogP contribution in [0.15, 0.2) is 47.5 Å². The van der Waals surface area contributed by atoms with Gasteiger partial charge >= 0.3 is 5.97 Å². The van der Waals surface area contributed by atoms with Crippen molar-refractivity contribution < 1.29 is 14.4 Å². The zero-order valence-electron chi connectivity index (χ0n) is 10.1. The topological polar surface area (TPSA) is 102 Å². The van der Waals surface area contributed by atoms with Crippen LogP contribution in [0.4, 0.5) is 0 Å². The number of carbonyl (C=O) groups is 1. The van der Waals surface area contributed by atoms with E-state index in [0.717, 1.165) is 0 Å². The summed E-state index contributed by atoms with van der Waals surface area (Å²) in [6.45, 7) is 0. The minimum Gasteiger partial charge on any atom is -0.478 e. The van der Waals surface area contributed by atoms with Gasteiger partial charge in [-0.3, -0.25) is 0 Å². The Hall–Kier alpha value is -3.09. The number of hydrogen-bond donors (Lipinski definition) is 1. The Bertz CT molecular complexity index is 755. The van der Waals surface area contributed by atoms with Gasteiger partial charge in [0.05, 0.1) is 11.1 Å². The Balaban J connectivity index is 1.98. The standard InChI is InChI=1S/C13H8N4O3/c18-13(19)9-3-1-2-8(4-9)11-16-12(20-17-11)10-5-14-7-15-6-10/h1-7H,(H,18,19). The molecule has 0 fully saturated rings. The second kappa shape index (κ2) is 4.88. The molecule has 0 amide bonds. The monoisotopic (exact) mass is 268 g/mol. The molecule has 0 unspecified atom stereocenters. The van der Waals surface area contributed by atoms with Gasteiger partial charge in [0.2, 0.25) is 5.82 Å². The fraction of sp³-hybridized carbons (Fsp3) is 0. The SMILES string of the molecule is O=C(O)c1cccc(-c2noc(-c3cncnc3)n2)c1. The summed E-state index contributed by atoms with van der Waals surface area (Å²) in [4.78, 5) is 22.9. The number of carboxylic acids is 1. The van der Waals surface area contributed by atoms with Gasteiger partial charge in [0, 0.05) is 18.0 Å². The Labute approximate surface area is 112 Å². The molecule has 0 aliphatic heterocycles. The normalized spacial score (nSPS) is 10.4. The summed E-state index contributed by atoms with van der Waals surface area (Å²) in [5.74, 6) is -0.416. The van der Waals surface area contributed by atoms with Crippen LogP contribution in [-0.2, 0) is 0 Å². The lowest BCUT2D eigenvalue weighted by Gasteiger charge is -1.96. The van der Waals surface area contributed by atoms with E-state index < -0.39 is 5.97 Å². The van der Waals surface area contributed by atoms with E-state index in [4.69, 9.17) is 9.63 Å². The van der Waals surface area contributed by atoms with Crippen LogP contribution in [0.2, 0.25) is 0 Å². The minimum atomic E-state index is -1.01. The average Bonchev–Trinajstić information content (AvgIpc) is 2.98. The van der Waals surface area contributed by atoms with Gasteiger partial charge < -0.3 is 9.63 Å². The minimum absolute atomic E-state index is 0.164. The van der Waals surface area contributed by atoms with E-state index in [0.29, 0.717) is 17.0 Å². The molecule has 1 aromatic carbocycles. The Morgan fingerprint density at radius 2 is 1.95 bits per heavy atom. The van der Waals surface area contributed by atoms with Crippen molar-refractivity contribution in [3.8, 4) is 22.8 Å². The highest BCUT2D eigenvalue weighted by Crippen LogP contribution is 2.21. The number of rotatable bonds is 3. The summed E-state index contributed by atoms with van der Waals surface area (Å²) >= 11 is 0. The van der Waals surface area contributed by atoms with E-state index in [9.17, 15) is 4.79 Å². The highest BCUT2D eigenvalue weighted by Gasteiger charge is 2.12. The number of nitrogens with zero attached hydrogens (tertiary/aromatic N) is 4. The van der Waals surface area contributed by atoms with Gasteiger partial charge in [0.15, 0.2) is 0 Å². The van der Waals surface area contributed by atoms with Crippen molar-refractivity contribution in [2.45, 2.75) is 0 Å². The molecule has 98 valence electrons. The van der Waals surface area contributed by atoms with Crippen molar-refractivity contribution in [3.63, 3.8) is 0 Å². The van der Waals surface area contributed by atoms with Crippen molar-refractivity contribution in [1.29, 1.82) is 0 Å². The van der Waals surface area contributed by atoms with E-state index in [1.807, 2.05) is 0 Å². The molecule has 1 N–H and O–H groups in total. The third-order valence-electron chi connectivity index (χ3n) is 2.60. The second-order valence-electron chi connectivity index (χ2n) is 3.94. The molecule has 2 aromatic heterocycles. The molecule has 0 radical (unpaired) electrons. The number of aromatic carboxylic acids is 1. The van der Waals surface area contributed by atoms with Crippen molar-refractivity contribution >= 4 is 5.97 Å². The molecule has 0 saturated heterocycles. The summed E-state index contributed by atoms with van der Waals surface area (Å²) in [5, 5.41) is 12.8. The molecule has 0 saturated carbocycles. The quantitative estimate of drug-likeness (QED) is 0.773. The lowest BCUT2D eigenvalue weighted by molar-refractivity contribution is 0.0697. The van der Waals surface area contributed by atoms with E-state index in [2.05, 4.69) is 20.1 Å². The van der Waals surface area contributed by atoms with E-state index in [1.54, 1.807) is 24.5 Å². The Kier molecular flexibility index (Phi) is 2.92. The van der Waals surface area contributed by atoms with Crippen molar-refractivity contribution in [3.05, 3.63) is 48.5 Å². The van der Waals surface area contributed by atoms with Crippen LogP contribution >= 0.6 is 0 Å². The average molecular weight is 268 g/mol. The molecule has 3 aromatic rings. The highest BCUT2D eigenvalue weighted by molar-refractivity contribution is 5.89. The molecule has 3 rings (SSSR count). The van der Waals surface area contributed by atoms with Gasteiger partial charge in [-0.1, -0.05) is 17.3 Å². The van der Waals surface area contributed by atoms with Crippen LogP contribution in [0.3, 0.4) is 0 Å². The maximum atomic E-state index is 10.9. The number of benzene rings is 1. The molecule has 7 nitrogen and oxygen atoms in total. The number of carboxylic acid groups (broad SMARTS) is 1. The zero-order valence-corrected chi connectivity index (χ0v) is 10.1. The molecule has 0 atom stereocenters. The fourth-order valence-electron chi connectivity index (χ4n) is 1.66. The van der Waals surface area contributed by atoms with Crippen LogP contribution in [0, 0.1) is 0 Å². The maximum absolute atomic E-state index is 10.9. The van der Waals surface area contributed by atoms with Gasteiger partial charge in [0.1, 0.15) is 6.33 Å². The lowest BCUT2D eigenvalue weighted by atomic mass is 10.1. The molecule has 0 aliphatic rings. The first-order chi connectivity index (χ1) is 9.74. The predicted octanol–water partition coefficient (Wildman–Crippen LogP) is 1.89. The Morgan fingerprint density at radius 3 is 2.70 bits per heavy atom. The van der Waals surface area contributed by atoms with Crippen molar-refractivity contribution in [2.24, 2.45) is 0 Å². The molecule has 20 heavy (non-hydrogen) atoms. The van der Waals surface area contributed by atoms with E-state index in [-0.39, 0.29) is 11.5 Å². The molecular formula is C13H8N4O3. The van der Waals surface area contributed by atoms with Gasteiger partial charge in [-0.15, -0.1) is 0 Å². The van der Waals surface area contributed by atoms with Gasteiger partial charge in [-0.25, -0.2) is 14.8 Å². The first kappa shape index (κ1) is 12.0. The lowest BCUT2D eigenvalue weighted by Crippen LogP contribution is -1.96. The summed E-state index contributed by atoms with van der Waals surface area (Å²) in [6, 6.07) is 6.32. The first-order valence-electron chi connectivity index (χ1n) is 5.67. The molecule has 2 heterocycles. The number of aromatic nitrogens is 4. The zero-order chi connectivity index (χ0) is 13.9. The fourth-order valence-corrected chi connectivity index (χ4v) is 1.66. The van der Waals surface area contributed by atoms with Crippen LogP contribution in [0.1, 0.15) is 10.4 Å². The summed E-state index contributed by atoms with van der Waals surface area (Å²) in [5.41, 5.74) is 1.33. The molecule has 0 spiro atoms. The maximum Gasteiger partial charge on any atom is 0.335 e. The summed E-state index contributed by atoms with van der Waals surface area (Å²) < 4.78 is 5.12. The third-order valence-corrected chi connectivity index (χ3v) is 2.60. The van der Waals surface area contributed by atoms with Crippen molar-refractivity contribution in [2.75, 3.05) is 0 Å².